The van der Waals surface area contributed by atoms with Gasteiger partial charge in [-0.1, -0.05) is 33.3 Å². The zero-order valence-corrected chi connectivity index (χ0v) is 18.7. The van der Waals surface area contributed by atoms with Crippen molar-refractivity contribution in [1.82, 2.24) is 9.88 Å². The highest BCUT2D eigenvalue weighted by molar-refractivity contribution is 5.92. The van der Waals surface area contributed by atoms with Gasteiger partial charge in [0.05, 0.1) is 24.4 Å². The van der Waals surface area contributed by atoms with Gasteiger partial charge in [0.2, 0.25) is 0 Å². The molecule has 0 saturated heterocycles. The van der Waals surface area contributed by atoms with Crippen molar-refractivity contribution in [1.29, 1.82) is 0 Å². The molecule has 2 N–H and O–H groups in total. The number of ether oxygens (including phenoxy) is 1. The maximum atomic E-state index is 10.6. The first kappa shape index (κ1) is 24.5. The molecule has 2 aromatic rings. The van der Waals surface area contributed by atoms with Crippen LogP contribution in [0.1, 0.15) is 39.3 Å². The van der Waals surface area contributed by atoms with E-state index in [1.54, 1.807) is 7.11 Å². The largest absolute Gasteiger partial charge is 0.497 e. The second-order valence-corrected chi connectivity index (χ2v) is 7.74. The zero-order valence-electron chi connectivity index (χ0n) is 17.9. The Morgan fingerprint density at radius 1 is 1.21 bits per heavy atom. The molecule has 6 heteroatoms. The van der Waals surface area contributed by atoms with Crippen molar-refractivity contribution >= 4 is 29.0 Å². The monoisotopic (exact) mass is 409 g/mol. The SMILES string of the molecule is CCCCN(CC(C)C)CC(O)CNc1cc(OC)cc2ccc(C)nc12.Cl. The van der Waals surface area contributed by atoms with Gasteiger partial charge in [0.1, 0.15) is 5.75 Å². The number of aryl methyl sites for hydroxylation is 1. The summed E-state index contributed by atoms with van der Waals surface area (Å²) in [5.41, 5.74) is 2.78. The van der Waals surface area contributed by atoms with Crippen LogP contribution in [0.15, 0.2) is 24.3 Å². The number of fused-ring (bicyclic) bond motifs is 1. The number of pyridine rings is 1. The van der Waals surface area contributed by atoms with Crippen LogP contribution >= 0.6 is 12.4 Å². The molecule has 0 radical (unpaired) electrons. The van der Waals surface area contributed by atoms with E-state index >= 15 is 0 Å². The molecule has 1 unspecified atom stereocenters. The summed E-state index contributed by atoms with van der Waals surface area (Å²) in [4.78, 5) is 7.03. The van der Waals surface area contributed by atoms with Crippen molar-refractivity contribution in [3.8, 4) is 5.75 Å². The molecule has 2 rings (SSSR count). The predicted molar refractivity (Wildman–Crippen MR) is 121 cm³/mol. The van der Waals surface area contributed by atoms with Gasteiger partial charge in [-0.05, 0) is 37.9 Å². The van der Waals surface area contributed by atoms with Crippen molar-refractivity contribution in [3.63, 3.8) is 0 Å². The summed E-state index contributed by atoms with van der Waals surface area (Å²) >= 11 is 0. The molecule has 0 aliphatic carbocycles. The Labute approximate surface area is 175 Å². The molecule has 0 saturated carbocycles. The molecule has 28 heavy (non-hydrogen) atoms. The molecule has 158 valence electrons. The van der Waals surface area contributed by atoms with E-state index in [1.807, 2.05) is 25.1 Å². The van der Waals surface area contributed by atoms with Crippen LogP contribution in [0.5, 0.6) is 5.75 Å². The average Bonchev–Trinajstić information content (AvgIpc) is 2.63. The number of aliphatic hydroxyl groups is 1. The second-order valence-electron chi connectivity index (χ2n) is 7.74. The van der Waals surface area contributed by atoms with E-state index in [0.717, 1.165) is 47.5 Å². The van der Waals surface area contributed by atoms with Crippen LogP contribution in [0, 0.1) is 12.8 Å². The number of nitrogens with zero attached hydrogens (tertiary/aromatic N) is 2. The van der Waals surface area contributed by atoms with Crippen LogP contribution in [0.25, 0.3) is 10.9 Å². The number of hydrogen-bond acceptors (Lipinski definition) is 5. The van der Waals surface area contributed by atoms with Crippen LogP contribution < -0.4 is 10.1 Å². The normalized spacial score (nSPS) is 12.3. The van der Waals surface area contributed by atoms with Crippen molar-refractivity contribution in [3.05, 3.63) is 30.0 Å². The maximum absolute atomic E-state index is 10.6. The van der Waals surface area contributed by atoms with Gasteiger partial charge in [0.15, 0.2) is 0 Å². The van der Waals surface area contributed by atoms with Crippen molar-refractivity contribution < 1.29 is 9.84 Å². The fraction of sp³-hybridized carbons (Fsp3) is 0.591. The van der Waals surface area contributed by atoms with E-state index < -0.39 is 6.10 Å². The van der Waals surface area contributed by atoms with E-state index in [0.29, 0.717) is 19.0 Å². The minimum absolute atomic E-state index is 0. The average molecular weight is 410 g/mol. The molecule has 0 aliphatic heterocycles. The molecule has 1 aromatic heterocycles. The lowest BCUT2D eigenvalue weighted by molar-refractivity contribution is 0.113. The van der Waals surface area contributed by atoms with E-state index in [2.05, 4.69) is 42.0 Å². The lowest BCUT2D eigenvalue weighted by atomic mass is 10.1. The van der Waals surface area contributed by atoms with Crippen molar-refractivity contribution in [2.45, 2.75) is 46.6 Å². The van der Waals surface area contributed by atoms with Gasteiger partial charge in [0.25, 0.3) is 0 Å². The Bertz CT molecular complexity index is 724. The molecule has 1 heterocycles. The topological polar surface area (TPSA) is 57.6 Å². The molecule has 0 spiro atoms. The smallest absolute Gasteiger partial charge is 0.121 e. The standard InChI is InChI=1S/C22H35N3O2.ClH/c1-6-7-10-25(14-16(2)3)15-19(26)13-23-21-12-20(27-5)11-18-9-8-17(4)24-22(18)21;/h8-9,11-12,16,19,23,26H,6-7,10,13-15H2,1-5H3;1H. The first-order valence-corrected chi connectivity index (χ1v) is 10.0. The summed E-state index contributed by atoms with van der Waals surface area (Å²) in [7, 11) is 1.67. The lowest BCUT2D eigenvalue weighted by Crippen LogP contribution is -2.38. The highest BCUT2D eigenvalue weighted by Crippen LogP contribution is 2.28. The molecule has 1 atom stereocenters. The van der Waals surface area contributed by atoms with Crippen LogP contribution in [-0.2, 0) is 0 Å². The van der Waals surface area contributed by atoms with Crippen molar-refractivity contribution in [2.75, 3.05) is 38.6 Å². The summed E-state index contributed by atoms with van der Waals surface area (Å²) < 4.78 is 5.41. The van der Waals surface area contributed by atoms with Crippen molar-refractivity contribution in [2.24, 2.45) is 5.92 Å². The highest BCUT2D eigenvalue weighted by atomic mass is 35.5. The fourth-order valence-corrected chi connectivity index (χ4v) is 3.30. The number of aliphatic hydroxyl groups excluding tert-OH is 1. The minimum Gasteiger partial charge on any atom is -0.497 e. The summed E-state index contributed by atoms with van der Waals surface area (Å²) in [6.45, 7) is 11.8. The fourth-order valence-electron chi connectivity index (χ4n) is 3.30. The van der Waals surface area contributed by atoms with Crippen LogP contribution in [0.4, 0.5) is 5.69 Å². The third kappa shape index (κ3) is 7.46. The molecular weight excluding hydrogens is 374 g/mol. The van der Waals surface area contributed by atoms with E-state index in [9.17, 15) is 5.11 Å². The number of methoxy groups -OCH3 is 1. The number of halogens is 1. The molecular formula is C22H36ClN3O2. The van der Waals surface area contributed by atoms with Gasteiger partial charge < -0.3 is 20.1 Å². The number of nitrogens with one attached hydrogen (secondary N) is 1. The van der Waals surface area contributed by atoms with Gasteiger partial charge in [-0.15, -0.1) is 12.4 Å². The Hall–Kier alpha value is -1.56. The van der Waals surface area contributed by atoms with Gasteiger partial charge in [0, 0.05) is 36.8 Å². The van der Waals surface area contributed by atoms with E-state index in [-0.39, 0.29) is 12.4 Å². The minimum atomic E-state index is -0.438. The molecule has 0 fully saturated rings. The summed E-state index contributed by atoms with van der Waals surface area (Å²) in [6.07, 6.45) is 1.90. The van der Waals surface area contributed by atoms with Crippen LogP contribution in [-0.4, -0.2) is 54.4 Å². The Kier molecular flexibility index (Phi) is 10.6. The molecule has 0 amide bonds. The van der Waals surface area contributed by atoms with Crippen LogP contribution in [0.2, 0.25) is 0 Å². The number of unbranched alkanes of at least 4 members (excludes halogenated alkanes) is 1. The number of benzene rings is 1. The Morgan fingerprint density at radius 3 is 2.61 bits per heavy atom. The number of anilines is 1. The third-order valence-electron chi connectivity index (χ3n) is 4.59. The Balaban J connectivity index is 0.00000392. The van der Waals surface area contributed by atoms with Crippen LogP contribution in [0.3, 0.4) is 0 Å². The number of aromatic nitrogens is 1. The quantitative estimate of drug-likeness (QED) is 0.572. The molecule has 0 aliphatic rings. The summed E-state index contributed by atoms with van der Waals surface area (Å²) in [6, 6.07) is 7.98. The Morgan fingerprint density at radius 2 is 1.96 bits per heavy atom. The lowest BCUT2D eigenvalue weighted by Gasteiger charge is -2.27. The molecule has 1 aromatic carbocycles. The first-order valence-electron chi connectivity index (χ1n) is 10.0. The maximum Gasteiger partial charge on any atom is 0.121 e. The van der Waals surface area contributed by atoms with Gasteiger partial charge in [-0.3, -0.25) is 4.98 Å². The van der Waals surface area contributed by atoms with E-state index in [1.165, 1.54) is 6.42 Å². The molecule has 5 nitrogen and oxygen atoms in total. The number of hydrogen-bond donors (Lipinski definition) is 2. The van der Waals surface area contributed by atoms with E-state index in [4.69, 9.17) is 4.74 Å². The highest BCUT2D eigenvalue weighted by Gasteiger charge is 2.14. The first-order chi connectivity index (χ1) is 12.9. The molecule has 0 bridgehead atoms. The zero-order chi connectivity index (χ0) is 19.8. The van der Waals surface area contributed by atoms with Gasteiger partial charge in [-0.25, -0.2) is 0 Å². The second kappa shape index (κ2) is 12.1. The van der Waals surface area contributed by atoms with Gasteiger partial charge in [-0.2, -0.15) is 0 Å². The number of rotatable bonds is 11. The summed E-state index contributed by atoms with van der Waals surface area (Å²) in [5.74, 6) is 1.38. The van der Waals surface area contributed by atoms with Gasteiger partial charge >= 0.3 is 0 Å². The summed E-state index contributed by atoms with van der Waals surface area (Å²) in [5, 5.41) is 15.0. The predicted octanol–water partition coefficient (Wildman–Crippen LogP) is 4.50. The third-order valence-corrected chi connectivity index (χ3v) is 4.59.